The fraction of sp³-hybridized carbons (Fsp3) is 0.886. The molecule has 3 aliphatic carbocycles. The zero-order valence-electron chi connectivity index (χ0n) is 27.7. The first-order valence-corrected chi connectivity index (χ1v) is 16.8. The average Bonchev–Trinajstić information content (AvgIpc) is 3.45. The largest absolute Gasteiger partial charge is 0.465 e. The van der Waals surface area contributed by atoms with Crippen molar-refractivity contribution >= 4 is 11.8 Å². The Morgan fingerprint density at radius 3 is 2.44 bits per heavy atom. The van der Waals surface area contributed by atoms with Gasteiger partial charge in [-0.15, -0.1) is 0 Å². The number of aliphatic hydroxyl groups is 4. The van der Waals surface area contributed by atoms with Crippen LogP contribution in [-0.2, 0) is 19.1 Å². The average molecular weight is 607 g/mol. The van der Waals surface area contributed by atoms with Crippen LogP contribution in [-0.4, -0.2) is 69.0 Å². The van der Waals surface area contributed by atoms with E-state index >= 15 is 0 Å². The van der Waals surface area contributed by atoms with Crippen molar-refractivity contribution in [1.29, 1.82) is 0 Å². The molecular weight excluding hydrogens is 548 g/mol. The normalized spacial score (nSPS) is 45.2. The summed E-state index contributed by atoms with van der Waals surface area (Å²) in [4.78, 5) is 25.9. The first kappa shape index (κ1) is 34.6. The van der Waals surface area contributed by atoms with Crippen LogP contribution in [0.5, 0.6) is 0 Å². The van der Waals surface area contributed by atoms with Gasteiger partial charge >= 0.3 is 5.97 Å². The van der Waals surface area contributed by atoms with E-state index in [2.05, 4.69) is 19.9 Å². The van der Waals surface area contributed by atoms with Crippen molar-refractivity contribution < 1.29 is 39.5 Å². The summed E-state index contributed by atoms with van der Waals surface area (Å²) < 4.78 is 12.1. The Hall–Kier alpha value is -1.32. The summed E-state index contributed by atoms with van der Waals surface area (Å²) in [7, 11) is 0. The molecule has 1 heterocycles. The third-order valence-electron chi connectivity index (χ3n) is 12.3. The van der Waals surface area contributed by atoms with Gasteiger partial charge in [0.1, 0.15) is 11.7 Å². The van der Waals surface area contributed by atoms with Gasteiger partial charge in [-0.3, -0.25) is 9.59 Å². The topological polar surface area (TPSA) is 134 Å². The van der Waals surface area contributed by atoms with Gasteiger partial charge in [0.25, 0.3) is 0 Å². The van der Waals surface area contributed by atoms with Crippen LogP contribution in [0.2, 0.25) is 0 Å². The molecule has 8 nitrogen and oxygen atoms in total. The molecule has 43 heavy (non-hydrogen) atoms. The van der Waals surface area contributed by atoms with Crippen molar-refractivity contribution in [2.24, 2.45) is 58.7 Å². The van der Waals surface area contributed by atoms with Gasteiger partial charge in [-0.25, -0.2) is 0 Å². The molecule has 3 fully saturated rings. The van der Waals surface area contributed by atoms with Gasteiger partial charge in [-0.05, 0) is 87.4 Å². The summed E-state index contributed by atoms with van der Waals surface area (Å²) >= 11 is 0. The van der Waals surface area contributed by atoms with E-state index in [0.29, 0.717) is 25.7 Å². The Balaban J connectivity index is 1.45. The van der Waals surface area contributed by atoms with Gasteiger partial charge in [-0.1, -0.05) is 53.2 Å². The zero-order valence-corrected chi connectivity index (χ0v) is 27.7. The minimum atomic E-state index is -1.72. The van der Waals surface area contributed by atoms with Crippen molar-refractivity contribution in [2.45, 2.75) is 124 Å². The number of Topliss-reactive ketones (excluding diaryl/α,β-unsaturated/α-hetero) is 1. The highest BCUT2D eigenvalue weighted by Gasteiger charge is 2.56. The van der Waals surface area contributed by atoms with Crippen LogP contribution in [0.1, 0.15) is 100 Å². The summed E-state index contributed by atoms with van der Waals surface area (Å²) in [5.41, 5.74) is 0.114. The van der Waals surface area contributed by atoms with Crippen LogP contribution >= 0.6 is 0 Å². The fourth-order valence-corrected chi connectivity index (χ4v) is 9.56. The number of allylic oxidation sites excluding steroid dienone is 1. The second-order valence-corrected chi connectivity index (χ2v) is 15.5. The summed E-state index contributed by atoms with van der Waals surface area (Å²) in [5, 5.41) is 44.1. The van der Waals surface area contributed by atoms with E-state index in [1.807, 2.05) is 34.6 Å². The Labute approximate surface area is 258 Å². The zero-order chi connectivity index (χ0) is 32.1. The Kier molecular flexibility index (Phi) is 10.3. The molecule has 0 bridgehead atoms. The predicted molar refractivity (Wildman–Crippen MR) is 163 cm³/mol. The predicted octanol–water partition coefficient (Wildman–Crippen LogP) is 4.66. The smallest absolute Gasteiger partial charge is 0.314 e. The molecule has 4 rings (SSSR count). The van der Waals surface area contributed by atoms with Crippen LogP contribution in [0.4, 0.5) is 0 Å². The van der Waals surface area contributed by atoms with Gasteiger partial charge in [0.05, 0.1) is 24.4 Å². The van der Waals surface area contributed by atoms with Crippen LogP contribution < -0.4 is 0 Å². The number of esters is 1. The molecule has 0 aromatic carbocycles. The van der Waals surface area contributed by atoms with Gasteiger partial charge < -0.3 is 29.9 Å². The molecule has 0 radical (unpaired) electrons. The van der Waals surface area contributed by atoms with Gasteiger partial charge in [-0.2, -0.15) is 0 Å². The molecule has 0 amide bonds. The molecule has 0 unspecified atom stereocenters. The highest BCUT2D eigenvalue weighted by Crippen LogP contribution is 2.59. The molecule has 8 heteroatoms. The van der Waals surface area contributed by atoms with Crippen molar-refractivity contribution in [3.05, 3.63) is 11.6 Å². The number of aliphatic hydroxyl groups excluding tert-OH is 2. The fourth-order valence-electron chi connectivity index (χ4n) is 9.56. The van der Waals surface area contributed by atoms with E-state index in [9.17, 15) is 30.0 Å². The quantitative estimate of drug-likeness (QED) is 0.220. The number of ether oxygens (including phenoxy) is 2. The lowest BCUT2D eigenvalue weighted by Gasteiger charge is -2.48. The third-order valence-corrected chi connectivity index (χ3v) is 12.3. The lowest BCUT2D eigenvalue weighted by atomic mass is 9.64. The number of carbonyl (C=O) groups is 2. The van der Waals surface area contributed by atoms with E-state index in [1.54, 1.807) is 6.92 Å². The van der Waals surface area contributed by atoms with Crippen molar-refractivity contribution in [1.82, 2.24) is 0 Å². The molecular formula is C35H58O8. The van der Waals surface area contributed by atoms with Crippen molar-refractivity contribution in [3.63, 3.8) is 0 Å². The minimum Gasteiger partial charge on any atom is -0.465 e. The molecule has 14 atom stereocenters. The van der Waals surface area contributed by atoms with E-state index in [4.69, 9.17) is 9.47 Å². The second kappa shape index (κ2) is 12.8. The van der Waals surface area contributed by atoms with E-state index in [-0.39, 0.29) is 71.8 Å². The maximum atomic E-state index is 13.4. The van der Waals surface area contributed by atoms with E-state index in [0.717, 1.165) is 19.3 Å². The highest BCUT2D eigenvalue weighted by molar-refractivity contribution is 5.81. The molecule has 0 aromatic heterocycles. The summed E-state index contributed by atoms with van der Waals surface area (Å²) in [6, 6.07) is 0. The molecule has 4 aliphatic rings. The van der Waals surface area contributed by atoms with Crippen molar-refractivity contribution in [3.8, 4) is 0 Å². The lowest BCUT2D eigenvalue weighted by molar-refractivity contribution is -0.318. The van der Waals surface area contributed by atoms with E-state index in [1.165, 1.54) is 5.57 Å². The first-order valence-electron chi connectivity index (χ1n) is 16.8. The number of hydrogen-bond acceptors (Lipinski definition) is 8. The summed E-state index contributed by atoms with van der Waals surface area (Å²) in [5.74, 6) is -3.69. The number of hydrogen-bond donors (Lipinski definition) is 4. The molecule has 4 N–H and O–H groups in total. The number of ketones is 1. The van der Waals surface area contributed by atoms with Crippen molar-refractivity contribution in [2.75, 3.05) is 13.2 Å². The van der Waals surface area contributed by atoms with Crippen LogP contribution in [0, 0.1) is 58.7 Å². The second-order valence-electron chi connectivity index (χ2n) is 15.5. The highest BCUT2D eigenvalue weighted by atomic mass is 16.6. The third kappa shape index (κ3) is 6.38. The Morgan fingerprint density at radius 1 is 1.14 bits per heavy atom. The minimum absolute atomic E-state index is 0.0135. The lowest BCUT2D eigenvalue weighted by Crippen LogP contribution is -2.57. The molecule has 1 saturated heterocycles. The number of fused-ring (bicyclic) bond motifs is 2. The van der Waals surface area contributed by atoms with Gasteiger partial charge in [0.15, 0.2) is 5.79 Å². The molecule has 1 aliphatic heterocycles. The Bertz CT molecular complexity index is 1050. The SMILES string of the molecule is CCC(=O)[C@@H](C)[C@H]1O[C@@](O)([C@H](C)C(=O)OC[C@@H](C)[C@H]2CC[C@]3(C)C[C@@H]4[C@H](CO)C[C@@H](O)[C@@H]4[C@@](C)(O)CC=C23)[C@H](C)C[C@H]1C. The first-order chi connectivity index (χ1) is 20.0. The van der Waals surface area contributed by atoms with E-state index < -0.39 is 35.5 Å². The molecule has 0 spiro atoms. The van der Waals surface area contributed by atoms with Crippen LogP contribution in [0.3, 0.4) is 0 Å². The van der Waals surface area contributed by atoms with Gasteiger partial charge in [0.2, 0.25) is 0 Å². The summed E-state index contributed by atoms with van der Waals surface area (Å²) in [6.07, 6.45) is 5.81. The maximum Gasteiger partial charge on any atom is 0.314 e. The summed E-state index contributed by atoms with van der Waals surface area (Å²) in [6.45, 7) is 15.6. The molecule has 246 valence electrons. The number of rotatable bonds is 9. The Morgan fingerprint density at radius 2 is 1.81 bits per heavy atom. The monoisotopic (exact) mass is 606 g/mol. The van der Waals surface area contributed by atoms with Gasteiger partial charge in [0, 0.05) is 30.8 Å². The standard InChI is InChI=1S/C35H58O8/c1-9-28(37)22(5)31-19(2)14-21(4)35(41,43-31)23(6)32(39)42-18-20(3)25-10-12-33(7)16-26-24(17-36)15-29(38)30(26)34(8,40)13-11-27(25)33/h11,19-26,29-31,36,38,40-41H,9-10,12-18H2,1-8H3/t19-,20-,21-,22-,23-,24+,25-,26-,29-,30-,31+,33-,34+,35-/m1/s1. The molecule has 0 aromatic rings. The molecule has 2 saturated carbocycles. The number of carbonyl (C=O) groups excluding carboxylic acids is 2. The van der Waals surface area contributed by atoms with Crippen LogP contribution in [0.25, 0.3) is 0 Å². The van der Waals surface area contributed by atoms with Crippen LogP contribution in [0.15, 0.2) is 11.6 Å². The maximum absolute atomic E-state index is 13.4.